The minimum absolute atomic E-state index is 0.560. The molecule has 1 N–H and O–H groups in total. The van der Waals surface area contributed by atoms with E-state index in [-0.39, 0.29) is 0 Å². The number of hydrogen-bond donors (Lipinski definition) is 1. The van der Waals surface area contributed by atoms with Crippen LogP contribution in [0, 0.1) is 0 Å². The molecule has 0 saturated carbocycles. The van der Waals surface area contributed by atoms with Crippen molar-refractivity contribution >= 4 is 5.82 Å². The lowest BCUT2D eigenvalue weighted by molar-refractivity contribution is 0.304. The van der Waals surface area contributed by atoms with E-state index in [1.807, 2.05) is 13.1 Å². The molecule has 0 spiro atoms. The van der Waals surface area contributed by atoms with E-state index in [2.05, 4.69) is 27.1 Å². The van der Waals surface area contributed by atoms with Crippen molar-refractivity contribution in [2.75, 3.05) is 31.6 Å². The standard InChI is InChI=1S/C12H20N4O/c1-3-6-17-12-7-11(14-9-15-12)16-5-4-10(8-16)13-2/h7,9-10,13H,3-6,8H2,1-2H3. The summed E-state index contributed by atoms with van der Waals surface area (Å²) in [6.07, 6.45) is 3.73. The second-order valence-corrected chi connectivity index (χ2v) is 4.28. The summed E-state index contributed by atoms with van der Waals surface area (Å²) in [5.74, 6) is 1.63. The van der Waals surface area contributed by atoms with Gasteiger partial charge in [0, 0.05) is 25.2 Å². The Labute approximate surface area is 102 Å². The monoisotopic (exact) mass is 236 g/mol. The van der Waals surface area contributed by atoms with Crippen molar-refractivity contribution in [2.24, 2.45) is 0 Å². The molecule has 17 heavy (non-hydrogen) atoms. The quantitative estimate of drug-likeness (QED) is 0.828. The van der Waals surface area contributed by atoms with E-state index in [1.54, 1.807) is 6.33 Å². The zero-order valence-electron chi connectivity index (χ0n) is 10.5. The van der Waals surface area contributed by atoms with Gasteiger partial charge in [-0.2, -0.15) is 0 Å². The first-order valence-corrected chi connectivity index (χ1v) is 6.20. The lowest BCUT2D eigenvalue weighted by atomic mass is 10.3. The summed E-state index contributed by atoms with van der Waals surface area (Å²) in [7, 11) is 2.00. The third-order valence-electron chi connectivity index (χ3n) is 3.00. The first-order valence-electron chi connectivity index (χ1n) is 6.20. The molecule has 0 bridgehead atoms. The van der Waals surface area contributed by atoms with E-state index in [0.29, 0.717) is 18.5 Å². The number of likely N-dealkylation sites (N-methyl/N-ethyl adjacent to an activating group) is 1. The summed E-state index contributed by atoms with van der Waals surface area (Å²) in [4.78, 5) is 10.7. The van der Waals surface area contributed by atoms with Gasteiger partial charge in [0.1, 0.15) is 12.1 Å². The molecule has 1 fully saturated rings. The maximum atomic E-state index is 5.52. The van der Waals surface area contributed by atoms with E-state index >= 15 is 0 Å². The van der Waals surface area contributed by atoms with Crippen LogP contribution in [0.2, 0.25) is 0 Å². The van der Waals surface area contributed by atoms with Crippen molar-refractivity contribution in [1.82, 2.24) is 15.3 Å². The van der Waals surface area contributed by atoms with E-state index in [9.17, 15) is 0 Å². The first-order chi connectivity index (χ1) is 8.33. The molecule has 5 nitrogen and oxygen atoms in total. The summed E-state index contributed by atoms with van der Waals surface area (Å²) < 4.78 is 5.52. The van der Waals surface area contributed by atoms with Gasteiger partial charge in [0.05, 0.1) is 6.61 Å². The van der Waals surface area contributed by atoms with Crippen molar-refractivity contribution < 1.29 is 4.74 Å². The number of anilines is 1. The van der Waals surface area contributed by atoms with Crippen LogP contribution in [-0.4, -0.2) is 42.8 Å². The number of rotatable bonds is 5. The lowest BCUT2D eigenvalue weighted by Crippen LogP contribution is -2.29. The molecule has 1 aliphatic heterocycles. The van der Waals surface area contributed by atoms with Crippen LogP contribution in [0.1, 0.15) is 19.8 Å². The van der Waals surface area contributed by atoms with Crippen LogP contribution in [0.25, 0.3) is 0 Å². The van der Waals surface area contributed by atoms with Gasteiger partial charge in [-0.05, 0) is 19.9 Å². The number of nitrogens with zero attached hydrogens (tertiary/aromatic N) is 3. The molecule has 1 aromatic rings. The Morgan fingerprint density at radius 3 is 3.12 bits per heavy atom. The Bertz CT molecular complexity index is 358. The summed E-state index contributed by atoms with van der Waals surface area (Å²) >= 11 is 0. The fourth-order valence-electron chi connectivity index (χ4n) is 1.99. The normalized spacial score (nSPS) is 19.6. The SMILES string of the molecule is CCCOc1cc(N2CCC(NC)C2)ncn1. The van der Waals surface area contributed by atoms with Crippen LogP contribution in [0.15, 0.2) is 12.4 Å². The Balaban J connectivity index is 2.01. The molecule has 2 rings (SSSR count). The molecule has 0 radical (unpaired) electrons. The van der Waals surface area contributed by atoms with E-state index in [1.165, 1.54) is 0 Å². The number of hydrogen-bond acceptors (Lipinski definition) is 5. The van der Waals surface area contributed by atoms with Crippen LogP contribution >= 0.6 is 0 Å². The highest BCUT2D eigenvalue weighted by Crippen LogP contribution is 2.20. The van der Waals surface area contributed by atoms with Crippen LogP contribution in [-0.2, 0) is 0 Å². The molecule has 0 aromatic carbocycles. The van der Waals surface area contributed by atoms with E-state index in [0.717, 1.165) is 31.7 Å². The second kappa shape index (κ2) is 5.82. The smallest absolute Gasteiger partial charge is 0.218 e. The van der Waals surface area contributed by atoms with Gasteiger partial charge in [-0.15, -0.1) is 0 Å². The lowest BCUT2D eigenvalue weighted by Gasteiger charge is -2.17. The first kappa shape index (κ1) is 12.1. The number of aromatic nitrogens is 2. The minimum Gasteiger partial charge on any atom is -0.478 e. The molecule has 2 heterocycles. The average Bonchev–Trinajstić information content (AvgIpc) is 2.85. The molecule has 1 atom stereocenters. The fraction of sp³-hybridized carbons (Fsp3) is 0.667. The van der Waals surface area contributed by atoms with Crippen LogP contribution in [0.4, 0.5) is 5.82 Å². The molecule has 1 aromatic heterocycles. The Morgan fingerprint density at radius 2 is 2.41 bits per heavy atom. The topological polar surface area (TPSA) is 50.3 Å². The average molecular weight is 236 g/mol. The van der Waals surface area contributed by atoms with E-state index < -0.39 is 0 Å². The summed E-state index contributed by atoms with van der Waals surface area (Å²) in [5, 5.41) is 3.30. The highest BCUT2D eigenvalue weighted by molar-refractivity contribution is 5.42. The van der Waals surface area contributed by atoms with Crippen molar-refractivity contribution in [3.63, 3.8) is 0 Å². The summed E-state index contributed by atoms with van der Waals surface area (Å²) in [5.41, 5.74) is 0. The van der Waals surface area contributed by atoms with Gasteiger partial charge >= 0.3 is 0 Å². The van der Waals surface area contributed by atoms with Crippen molar-refractivity contribution in [3.05, 3.63) is 12.4 Å². The van der Waals surface area contributed by atoms with Gasteiger partial charge in [0.15, 0.2) is 0 Å². The van der Waals surface area contributed by atoms with Gasteiger partial charge in [0.2, 0.25) is 5.88 Å². The third-order valence-corrected chi connectivity index (χ3v) is 3.00. The second-order valence-electron chi connectivity index (χ2n) is 4.28. The predicted octanol–water partition coefficient (Wildman–Crippen LogP) is 1.06. The molecule has 0 aliphatic carbocycles. The van der Waals surface area contributed by atoms with Crippen LogP contribution < -0.4 is 15.0 Å². The van der Waals surface area contributed by atoms with Gasteiger partial charge in [-0.3, -0.25) is 0 Å². The molecular weight excluding hydrogens is 216 g/mol. The van der Waals surface area contributed by atoms with Gasteiger partial charge in [0.25, 0.3) is 0 Å². The molecule has 5 heteroatoms. The minimum atomic E-state index is 0.560. The number of ether oxygens (including phenoxy) is 1. The fourth-order valence-corrected chi connectivity index (χ4v) is 1.99. The predicted molar refractivity (Wildman–Crippen MR) is 67.5 cm³/mol. The molecule has 1 aliphatic rings. The van der Waals surface area contributed by atoms with Crippen molar-refractivity contribution in [2.45, 2.75) is 25.8 Å². The largest absolute Gasteiger partial charge is 0.478 e. The van der Waals surface area contributed by atoms with Gasteiger partial charge < -0.3 is 15.0 Å². The highest BCUT2D eigenvalue weighted by atomic mass is 16.5. The number of nitrogens with one attached hydrogen (secondary N) is 1. The van der Waals surface area contributed by atoms with E-state index in [4.69, 9.17) is 4.74 Å². The zero-order chi connectivity index (χ0) is 12.1. The Hall–Kier alpha value is -1.36. The zero-order valence-corrected chi connectivity index (χ0v) is 10.5. The molecular formula is C12H20N4O. The van der Waals surface area contributed by atoms with Crippen LogP contribution in [0.5, 0.6) is 5.88 Å². The van der Waals surface area contributed by atoms with Gasteiger partial charge in [-0.1, -0.05) is 6.92 Å². The maximum absolute atomic E-state index is 5.52. The van der Waals surface area contributed by atoms with Gasteiger partial charge in [-0.25, -0.2) is 9.97 Å². The molecule has 94 valence electrons. The van der Waals surface area contributed by atoms with Crippen molar-refractivity contribution in [3.8, 4) is 5.88 Å². The molecule has 1 unspecified atom stereocenters. The molecule has 1 saturated heterocycles. The highest BCUT2D eigenvalue weighted by Gasteiger charge is 2.22. The third kappa shape index (κ3) is 3.06. The van der Waals surface area contributed by atoms with Crippen LogP contribution in [0.3, 0.4) is 0 Å². The maximum Gasteiger partial charge on any atom is 0.218 e. The summed E-state index contributed by atoms with van der Waals surface area (Å²) in [6.45, 7) is 4.83. The summed E-state index contributed by atoms with van der Waals surface area (Å²) in [6, 6.07) is 2.48. The molecule has 0 amide bonds. The Kier molecular flexibility index (Phi) is 4.14. The Morgan fingerprint density at radius 1 is 1.53 bits per heavy atom. The van der Waals surface area contributed by atoms with Crippen molar-refractivity contribution in [1.29, 1.82) is 0 Å².